The van der Waals surface area contributed by atoms with Crippen LogP contribution in [0.2, 0.25) is 0 Å². The summed E-state index contributed by atoms with van der Waals surface area (Å²) in [5.41, 5.74) is 0.471. The van der Waals surface area contributed by atoms with Gasteiger partial charge < -0.3 is 19.0 Å². The zero-order chi connectivity index (χ0) is 21.3. The van der Waals surface area contributed by atoms with E-state index in [0.29, 0.717) is 25.1 Å². The van der Waals surface area contributed by atoms with E-state index in [9.17, 15) is 14.9 Å². The van der Waals surface area contributed by atoms with Crippen molar-refractivity contribution in [1.82, 2.24) is 14.9 Å². The van der Waals surface area contributed by atoms with E-state index in [4.69, 9.17) is 9.15 Å². The molecule has 0 bridgehead atoms. The van der Waals surface area contributed by atoms with E-state index in [1.165, 1.54) is 18.5 Å². The molecule has 3 aromatic rings. The molecule has 4 rings (SSSR count). The highest BCUT2D eigenvalue weighted by Crippen LogP contribution is 2.37. The molecule has 0 N–H and O–H groups in total. The molecule has 2 aromatic heterocycles. The first-order chi connectivity index (χ1) is 14.5. The van der Waals surface area contributed by atoms with Crippen molar-refractivity contribution in [3.63, 3.8) is 0 Å². The van der Waals surface area contributed by atoms with Crippen LogP contribution >= 0.6 is 0 Å². The van der Waals surface area contributed by atoms with E-state index < -0.39 is 10.5 Å². The monoisotopic (exact) mass is 411 g/mol. The number of fused-ring (bicyclic) bond motifs is 1. The Labute approximate surface area is 171 Å². The van der Waals surface area contributed by atoms with Gasteiger partial charge in [0.2, 0.25) is 5.82 Å². The van der Waals surface area contributed by atoms with Gasteiger partial charge in [-0.2, -0.15) is 4.98 Å². The first-order valence-corrected chi connectivity index (χ1v) is 9.63. The van der Waals surface area contributed by atoms with Crippen LogP contribution in [0.5, 0.6) is 11.6 Å². The van der Waals surface area contributed by atoms with Crippen LogP contribution < -0.4 is 15.3 Å². The Hall–Kier alpha value is -3.53. The Morgan fingerprint density at radius 1 is 1.20 bits per heavy atom. The second kappa shape index (κ2) is 8.07. The number of hydrogen-bond donors (Lipinski definition) is 0. The van der Waals surface area contributed by atoms with Gasteiger partial charge in [0.05, 0.1) is 4.92 Å². The van der Waals surface area contributed by atoms with Crippen molar-refractivity contribution in [3.05, 3.63) is 56.7 Å². The van der Waals surface area contributed by atoms with Gasteiger partial charge in [0.25, 0.3) is 0 Å². The lowest BCUT2D eigenvalue weighted by atomic mass is 10.1. The number of hydrogen-bond acceptors (Lipinski definition) is 9. The van der Waals surface area contributed by atoms with Crippen molar-refractivity contribution in [1.29, 1.82) is 0 Å². The number of rotatable bonds is 5. The third-order valence-corrected chi connectivity index (χ3v) is 5.15. The van der Waals surface area contributed by atoms with E-state index in [1.807, 2.05) is 18.9 Å². The average molecular weight is 411 g/mol. The fraction of sp³-hybridized carbons (Fsp3) is 0.350. The van der Waals surface area contributed by atoms with E-state index >= 15 is 0 Å². The van der Waals surface area contributed by atoms with Gasteiger partial charge in [0.1, 0.15) is 17.7 Å². The lowest BCUT2D eigenvalue weighted by Gasteiger charge is -2.32. The van der Waals surface area contributed by atoms with Crippen molar-refractivity contribution >= 4 is 22.5 Å². The Morgan fingerprint density at radius 3 is 2.67 bits per heavy atom. The Morgan fingerprint density at radius 2 is 1.97 bits per heavy atom. The van der Waals surface area contributed by atoms with Crippen LogP contribution in [0.25, 0.3) is 11.0 Å². The number of piperazine rings is 1. The molecule has 0 unspecified atom stereocenters. The molecule has 10 heteroatoms. The van der Waals surface area contributed by atoms with Gasteiger partial charge in [-0.1, -0.05) is 6.92 Å². The van der Waals surface area contributed by atoms with Crippen LogP contribution in [0.1, 0.15) is 12.5 Å². The predicted octanol–water partition coefficient (Wildman–Crippen LogP) is 2.60. The second-order valence-corrected chi connectivity index (χ2v) is 7.10. The van der Waals surface area contributed by atoms with E-state index in [0.717, 1.165) is 24.0 Å². The van der Waals surface area contributed by atoms with Gasteiger partial charge in [-0.15, -0.1) is 0 Å². The Balaban J connectivity index is 1.72. The Kier molecular flexibility index (Phi) is 5.32. The second-order valence-electron chi connectivity index (χ2n) is 7.10. The summed E-state index contributed by atoms with van der Waals surface area (Å²) < 4.78 is 11.0. The molecular formula is C20H21N5O5. The van der Waals surface area contributed by atoms with Crippen LogP contribution in [0.15, 0.2) is 39.8 Å². The van der Waals surface area contributed by atoms with Gasteiger partial charge in [0.15, 0.2) is 0 Å². The minimum atomic E-state index is -0.528. The minimum absolute atomic E-state index is 0.155. The summed E-state index contributed by atoms with van der Waals surface area (Å²) in [5.74, 6) is 0.362. The SMILES string of the molecule is CCc1cc(=O)oc2cc(Oc3ncnc(N4CCN(C)CC4)c3[N+](=O)[O-])ccc12. The first kappa shape index (κ1) is 19.8. The van der Waals surface area contributed by atoms with Crippen LogP contribution in [-0.4, -0.2) is 53.0 Å². The van der Waals surface area contributed by atoms with Crippen molar-refractivity contribution in [3.8, 4) is 11.6 Å². The molecule has 0 spiro atoms. The fourth-order valence-corrected chi connectivity index (χ4v) is 3.52. The number of anilines is 1. The topological polar surface area (TPSA) is 115 Å². The summed E-state index contributed by atoms with van der Waals surface area (Å²) in [6.45, 7) is 4.74. The van der Waals surface area contributed by atoms with E-state index in [2.05, 4.69) is 14.9 Å². The maximum absolute atomic E-state index is 11.8. The summed E-state index contributed by atoms with van der Waals surface area (Å²) in [7, 11) is 2.00. The molecule has 156 valence electrons. The van der Waals surface area contributed by atoms with E-state index in [-0.39, 0.29) is 23.1 Å². The molecule has 1 fully saturated rings. The van der Waals surface area contributed by atoms with Crippen LogP contribution in [0, 0.1) is 10.1 Å². The van der Waals surface area contributed by atoms with Gasteiger partial charge in [-0.3, -0.25) is 10.1 Å². The summed E-state index contributed by atoms with van der Waals surface area (Å²) >= 11 is 0. The number of benzene rings is 1. The zero-order valence-electron chi connectivity index (χ0n) is 16.7. The number of likely N-dealkylation sites (N-methyl/N-ethyl adjacent to an activating group) is 1. The number of nitrogens with zero attached hydrogens (tertiary/aromatic N) is 5. The fourth-order valence-electron chi connectivity index (χ4n) is 3.52. The zero-order valence-corrected chi connectivity index (χ0v) is 16.7. The number of aryl methyl sites for hydroxylation is 1. The quantitative estimate of drug-likeness (QED) is 0.355. The maximum Gasteiger partial charge on any atom is 0.373 e. The molecule has 1 saturated heterocycles. The van der Waals surface area contributed by atoms with Crippen LogP contribution in [0.3, 0.4) is 0 Å². The number of nitro groups is 1. The molecule has 1 aliphatic heterocycles. The molecule has 1 aromatic carbocycles. The molecule has 3 heterocycles. The Bertz CT molecular complexity index is 1150. The summed E-state index contributed by atoms with van der Waals surface area (Å²) in [6.07, 6.45) is 1.93. The first-order valence-electron chi connectivity index (χ1n) is 9.63. The van der Waals surface area contributed by atoms with Gasteiger partial charge in [0, 0.05) is 43.7 Å². The third-order valence-electron chi connectivity index (χ3n) is 5.15. The molecule has 0 atom stereocenters. The molecule has 1 aliphatic rings. The highest BCUT2D eigenvalue weighted by molar-refractivity contribution is 5.81. The van der Waals surface area contributed by atoms with Crippen molar-refractivity contribution in [2.24, 2.45) is 0 Å². The van der Waals surface area contributed by atoms with Gasteiger partial charge in [-0.05, 0) is 31.2 Å². The number of aromatic nitrogens is 2. The van der Waals surface area contributed by atoms with Crippen molar-refractivity contribution < 1.29 is 14.1 Å². The van der Waals surface area contributed by atoms with Crippen molar-refractivity contribution in [2.45, 2.75) is 13.3 Å². The minimum Gasteiger partial charge on any atom is -0.433 e. The lowest BCUT2D eigenvalue weighted by Crippen LogP contribution is -2.45. The predicted molar refractivity (Wildman–Crippen MR) is 110 cm³/mol. The lowest BCUT2D eigenvalue weighted by molar-refractivity contribution is -0.385. The average Bonchev–Trinajstić information content (AvgIpc) is 2.73. The molecule has 10 nitrogen and oxygen atoms in total. The molecule has 0 saturated carbocycles. The summed E-state index contributed by atoms with van der Waals surface area (Å²) in [6, 6.07) is 6.43. The molecular weight excluding hydrogens is 390 g/mol. The largest absolute Gasteiger partial charge is 0.433 e. The highest BCUT2D eigenvalue weighted by atomic mass is 16.6. The smallest absolute Gasteiger partial charge is 0.373 e. The highest BCUT2D eigenvalue weighted by Gasteiger charge is 2.30. The standard InChI is InChI=1S/C20H21N5O5/c1-3-13-10-17(26)30-16-11-14(4-5-15(13)16)29-20-18(25(27)28)19(21-12-22-20)24-8-6-23(2)7-9-24/h4-5,10-12H,3,6-9H2,1-2H3. The van der Waals surface area contributed by atoms with Crippen LogP contribution in [0.4, 0.5) is 11.5 Å². The summed E-state index contributed by atoms with van der Waals surface area (Å²) in [5, 5.41) is 12.6. The molecule has 0 aliphatic carbocycles. The summed E-state index contributed by atoms with van der Waals surface area (Å²) in [4.78, 5) is 35.2. The molecule has 0 amide bonds. The normalized spacial score (nSPS) is 14.8. The molecule has 30 heavy (non-hydrogen) atoms. The van der Waals surface area contributed by atoms with Crippen LogP contribution in [-0.2, 0) is 6.42 Å². The van der Waals surface area contributed by atoms with Crippen molar-refractivity contribution in [2.75, 3.05) is 38.1 Å². The third kappa shape index (κ3) is 3.81. The number of ether oxygens (including phenoxy) is 1. The van der Waals surface area contributed by atoms with E-state index in [1.54, 1.807) is 12.1 Å². The van der Waals surface area contributed by atoms with Gasteiger partial charge in [-0.25, -0.2) is 9.78 Å². The molecule has 0 radical (unpaired) electrons. The maximum atomic E-state index is 11.8. The van der Waals surface area contributed by atoms with Gasteiger partial charge >= 0.3 is 17.2 Å².